The third kappa shape index (κ3) is 3.32. The minimum atomic E-state index is -1.49. The van der Waals surface area contributed by atoms with Gasteiger partial charge in [0.2, 0.25) is 17.7 Å². The Morgan fingerprint density at radius 3 is 2.46 bits per heavy atom. The van der Waals surface area contributed by atoms with E-state index in [0.717, 1.165) is 4.90 Å². The molecule has 1 spiro atoms. The van der Waals surface area contributed by atoms with Gasteiger partial charge in [-0.25, -0.2) is 9.69 Å². The number of imide groups is 1. The number of para-hydroxylation sites is 1. The van der Waals surface area contributed by atoms with Crippen molar-refractivity contribution in [2.45, 2.75) is 31.3 Å². The third-order valence-electron chi connectivity index (χ3n) is 6.93. The molecule has 0 saturated carbocycles. The zero-order valence-corrected chi connectivity index (χ0v) is 18.8. The van der Waals surface area contributed by atoms with Gasteiger partial charge in [0, 0.05) is 23.7 Å². The summed E-state index contributed by atoms with van der Waals surface area (Å²) in [6, 6.07) is 12.2. The summed E-state index contributed by atoms with van der Waals surface area (Å²) < 4.78 is 4.98. The lowest BCUT2D eigenvalue weighted by Crippen LogP contribution is -2.53. The Kier molecular flexibility index (Phi) is 5.40. The number of hydrogen-bond donors (Lipinski definition) is 3. The number of fused-ring (bicyclic) bond motifs is 4. The normalized spacial score (nSPS) is 26.6. The number of rotatable bonds is 6. The van der Waals surface area contributed by atoms with Crippen LogP contribution in [0.4, 0.5) is 11.4 Å². The van der Waals surface area contributed by atoms with Crippen molar-refractivity contribution in [2.24, 2.45) is 11.8 Å². The first-order valence-corrected chi connectivity index (χ1v) is 11.3. The van der Waals surface area contributed by atoms with E-state index in [1.165, 1.54) is 24.3 Å². The fraction of sp³-hybridized carbons (Fsp3) is 0.320. The molecule has 3 N–H and O–H groups in total. The van der Waals surface area contributed by atoms with Gasteiger partial charge < -0.3 is 15.2 Å². The predicted molar refractivity (Wildman–Crippen MR) is 122 cm³/mol. The summed E-state index contributed by atoms with van der Waals surface area (Å²) in [4.78, 5) is 65.1. The number of carbonyl (C=O) groups excluding carboxylic acids is 4. The summed E-state index contributed by atoms with van der Waals surface area (Å²) in [5.74, 6) is -5.06. The largest absolute Gasteiger partial charge is 0.481 e. The summed E-state index contributed by atoms with van der Waals surface area (Å²) in [7, 11) is 0. The van der Waals surface area contributed by atoms with Crippen molar-refractivity contribution < 1.29 is 33.8 Å². The number of nitrogens with one attached hydrogen (secondary N) is 2. The molecule has 3 aliphatic heterocycles. The number of benzene rings is 2. The van der Waals surface area contributed by atoms with Gasteiger partial charge >= 0.3 is 11.9 Å². The number of aliphatic carboxylic acids is 1. The van der Waals surface area contributed by atoms with Crippen LogP contribution >= 0.6 is 0 Å². The SMILES string of the molecule is CCOC(=O)c1ccc(N2C(=O)[C@@H]3[C@H](CCC(=O)O)N[C@]4(C(=O)Nc5ccccc54)[C@@H]3C2=O)cc1. The number of esters is 1. The van der Waals surface area contributed by atoms with Gasteiger partial charge in [-0.2, -0.15) is 0 Å². The highest BCUT2D eigenvalue weighted by molar-refractivity contribution is 6.25. The highest BCUT2D eigenvalue weighted by Crippen LogP contribution is 2.54. The van der Waals surface area contributed by atoms with Crippen LogP contribution in [0.1, 0.15) is 35.7 Å². The number of carboxylic acids is 1. The second kappa shape index (κ2) is 8.31. The molecule has 3 amide bonds. The van der Waals surface area contributed by atoms with Crippen molar-refractivity contribution in [1.29, 1.82) is 0 Å². The van der Waals surface area contributed by atoms with Crippen LogP contribution in [0.15, 0.2) is 48.5 Å². The Morgan fingerprint density at radius 2 is 1.77 bits per heavy atom. The van der Waals surface area contributed by atoms with E-state index in [0.29, 0.717) is 11.3 Å². The van der Waals surface area contributed by atoms with Crippen molar-refractivity contribution in [3.8, 4) is 0 Å². The van der Waals surface area contributed by atoms with Gasteiger partial charge in [-0.1, -0.05) is 18.2 Å². The average Bonchev–Trinajstić information content (AvgIpc) is 3.42. The minimum absolute atomic E-state index is 0.0718. The Balaban J connectivity index is 1.56. The molecular weight excluding hydrogens is 454 g/mol. The average molecular weight is 477 g/mol. The monoisotopic (exact) mass is 477 g/mol. The molecule has 10 nitrogen and oxygen atoms in total. The van der Waals surface area contributed by atoms with E-state index in [1.807, 2.05) is 0 Å². The summed E-state index contributed by atoms with van der Waals surface area (Å²) in [5, 5.41) is 15.2. The molecule has 0 radical (unpaired) electrons. The van der Waals surface area contributed by atoms with Gasteiger partial charge in [-0.05, 0) is 43.7 Å². The number of carboxylic acid groups (broad SMARTS) is 1. The zero-order chi connectivity index (χ0) is 24.9. The molecule has 2 saturated heterocycles. The number of nitrogens with zero attached hydrogens (tertiary/aromatic N) is 1. The standard InChI is InChI=1S/C25H23N3O7/c1-2-35-23(33)13-7-9-14(10-8-13)28-21(31)19-17(11-12-18(29)30)27-25(20(19)22(28)32)15-5-3-4-6-16(15)26-24(25)34/h3-10,17,19-20,27H,2,11-12H2,1H3,(H,26,34)(H,29,30)/t17-,19+,20-,25-/m0/s1. The summed E-state index contributed by atoms with van der Waals surface area (Å²) in [5.41, 5.74) is 0.146. The van der Waals surface area contributed by atoms with E-state index in [9.17, 15) is 29.1 Å². The lowest BCUT2D eigenvalue weighted by molar-refractivity contribution is -0.137. The number of hydrogen-bond acceptors (Lipinski definition) is 7. The third-order valence-corrected chi connectivity index (χ3v) is 6.93. The van der Waals surface area contributed by atoms with Crippen LogP contribution in [0.3, 0.4) is 0 Å². The van der Waals surface area contributed by atoms with Crippen molar-refractivity contribution in [2.75, 3.05) is 16.8 Å². The maximum atomic E-state index is 13.8. The first-order chi connectivity index (χ1) is 16.8. The topological polar surface area (TPSA) is 142 Å². The fourth-order valence-corrected chi connectivity index (χ4v) is 5.50. The van der Waals surface area contributed by atoms with Crippen LogP contribution in [-0.2, 0) is 29.5 Å². The first kappa shape index (κ1) is 22.7. The number of amides is 3. The van der Waals surface area contributed by atoms with Crippen molar-refractivity contribution in [1.82, 2.24) is 5.32 Å². The molecule has 3 aliphatic rings. The molecule has 180 valence electrons. The van der Waals surface area contributed by atoms with E-state index in [4.69, 9.17) is 4.74 Å². The number of ether oxygens (including phenoxy) is 1. The molecule has 0 aromatic heterocycles. The zero-order valence-electron chi connectivity index (χ0n) is 18.8. The lowest BCUT2D eigenvalue weighted by Gasteiger charge is -2.29. The van der Waals surface area contributed by atoms with E-state index in [-0.39, 0.29) is 30.7 Å². The van der Waals surface area contributed by atoms with E-state index < -0.39 is 53.1 Å². The Bertz CT molecular complexity index is 1260. The van der Waals surface area contributed by atoms with Crippen LogP contribution in [-0.4, -0.2) is 47.4 Å². The van der Waals surface area contributed by atoms with Gasteiger partial charge in [0.1, 0.15) is 5.54 Å². The Morgan fingerprint density at radius 1 is 1.06 bits per heavy atom. The van der Waals surface area contributed by atoms with Crippen molar-refractivity contribution in [3.05, 3.63) is 59.7 Å². The smallest absolute Gasteiger partial charge is 0.338 e. The van der Waals surface area contributed by atoms with E-state index in [2.05, 4.69) is 10.6 Å². The molecule has 2 aromatic rings. The molecule has 0 unspecified atom stereocenters. The maximum absolute atomic E-state index is 13.8. The second-order valence-corrected chi connectivity index (χ2v) is 8.77. The predicted octanol–water partition coefficient (Wildman–Crippen LogP) is 1.65. The summed E-state index contributed by atoms with van der Waals surface area (Å²) in [6.07, 6.45) is -0.154. The number of carbonyl (C=O) groups is 5. The molecule has 4 atom stereocenters. The number of anilines is 2. The van der Waals surface area contributed by atoms with Gasteiger partial charge in [0.15, 0.2) is 0 Å². The molecule has 35 heavy (non-hydrogen) atoms. The Hall–Kier alpha value is -4.05. The van der Waals surface area contributed by atoms with Gasteiger partial charge in [0.25, 0.3) is 0 Å². The quantitative estimate of drug-likeness (QED) is 0.421. The van der Waals surface area contributed by atoms with Gasteiger partial charge in [0.05, 0.1) is 29.7 Å². The van der Waals surface area contributed by atoms with Gasteiger partial charge in [-0.3, -0.25) is 24.5 Å². The molecule has 0 bridgehead atoms. The fourth-order valence-electron chi connectivity index (χ4n) is 5.50. The molecular formula is C25H23N3O7. The second-order valence-electron chi connectivity index (χ2n) is 8.77. The summed E-state index contributed by atoms with van der Waals surface area (Å²) in [6.45, 7) is 1.90. The van der Waals surface area contributed by atoms with Gasteiger partial charge in [-0.15, -0.1) is 0 Å². The molecule has 2 aromatic carbocycles. The van der Waals surface area contributed by atoms with Crippen LogP contribution in [0.5, 0.6) is 0 Å². The maximum Gasteiger partial charge on any atom is 0.338 e. The Labute approximate surface area is 200 Å². The van der Waals surface area contributed by atoms with Crippen LogP contribution < -0.4 is 15.5 Å². The summed E-state index contributed by atoms with van der Waals surface area (Å²) >= 11 is 0. The highest BCUT2D eigenvalue weighted by Gasteiger charge is 2.70. The van der Waals surface area contributed by atoms with Crippen LogP contribution in [0.2, 0.25) is 0 Å². The molecule has 0 aliphatic carbocycles. The van der Waals surface area contributed by atoms with Crippen molar-refractivity contribution in [3.63, 3.8) is 0 Å². The highest BCUT2D eigenvalue weighted by atomic mass is 16.5. The molecule has 10 heteroatoms. The molecule has 3 heterocycles. The van der Waals surface area contributed by atoms with Crippen molar-refractivity contribution >= 4 is 41.0 Å². The minimum Gasteiger partial charge on any atom is -0.481 e. The van der Waals surface area contributed by atoms with Crippen LogP contribution in [0, 0.1) is 11.8 Å². The lowest BCUT2D eigenvalue weighted by atomic mass is 9.76. The molecule has 2 fully saturated rings. The van der Waals surface area contributed by atoms with E-state index >= 15 is 0 Å². The van der Waals surface area contributed by atoms with Crippen LogP contribution in [0.25, 0.3) is 0 Å². The van der Waals surface area contributed by atoms with E-state index in [1.54, 1.807) is 31.2 Å². The molecule has 5 rings (SSSR count). The first-order valence-electron chi connectivity index (χ1n) is 11.3.